The highest BCUT2D eigenvalue weighted by atomic mass is 32.1. The molecule has 2 heterocycles. The molecule has 2 aromatic rings. The largest absolute Gasteiger partial charge is 0.256 e. The van der Waals surface area contributed by atoms with Crippen LogP contribution in [0.3, 0.4) is 0 Å². The lowest BCUT2D eigenvalue weighted by Crippen LogP contribution is -1.99. The molecule has 0 N–H and O–H groups in total. The van der Waals surface area contributed by atoms with Crippen molar-refractivity contribution in [2.45, 2.75) is 33.1 Å². The molecule has 0 aliphatic carbocycles. The number of aromatic nitrogens is 2. The highest BCUT2D eigenvalue weighted by Crippen LogP contribution is 2.41. The summed E-state index contributed by atoms with van der Waals surface area (Å²) in [6, 6.07) is 0. The van der Waals surface area contributed by atoms with Crippen molar-refractivity contribution in [3.8, 4) is 0 Å². The van der Waals surface area contributed by atoms with Crippen molar-refractivity contribution in [3.05, 3.63) is 28.8 Å². The Hall–Kier alpha value is -1.55. The van der Waals surface area contributed by atoms with Gasteiger partial charge in [-0.15, -0.1) is 0 Å². The fourth-order valence-corrected chi connectivity index (χ4v) is 3.31. The number of rotatable bonds is 1. The number of fused-ring (bicyclic) bond motifs is 2. The van der Waals surface area contributed by atoms with Gasteiger partial charge in [-0.25, -0.2) is 0 Å². The minimum absolute atomic E-state index is 0.423. The first-order valence-electron chi connectivity index (χ1n) is 6.20. The van der Waals surface area contributed by atoms with Crippen LogP contribution in [-0.4, -0.2) is 15.0 Å². The van der Waals surface area contributed by atoms with Gasteiger partial charge in [-0.1, -0.05) is 13.0 Å². The molecule has 3 nitrogen and oxygen atoms in total. The van der Waals surface area contributed by atoms with E-state index in [1.165, 1.54) is 22.9 Å². The van der Waals surface area contributed by atoms with Crippen LogP contribution in [0.15, 0.2) is 17.1 Å². The molecule has 0 fully saturated rings. The smallest absolute Gasteiger partial charge is 0.110 e. The molecule has 1 aromatic heterocycles. The Balaban J connectivity index is 2.43. The van der Waals surface area contributed by atoms with E-state index < -0.39 is 0 Å². The zero-order valence-corrected chi connectivity index (χ0v) is 11.6. The number of benzene rings is 1. The first-order valence-corrected chi connectivity index (χ1v) is 6.93. The van der Waals surface area contributed by atoms with Crippen LogP contribution < -0.4 is 0 Å². The minimum Gasteiger partial charge on any atom is -0.256 e. The molecule has 0 saturated heterocycles. The van der Waals surface area contributed by atoms with Crippen molar-refractivity contribution in [1.29, 1.82) is 0 Å². The highest BCUT2D eigenvalue weighted by molar-refractivity contribution is 7.00. The molecule has 4 heteroatoms. The first kappa shape index (κ1) is 11.5. The Morgan fingerprint density at radius 3 is 2.61 bits per heavy atom. The molecular weight excluding hydrogens is 242 g/mol. The number of hydrogen-bond acceptors (Lipinski definition) is 4. The quantitative estimate of drug-likeness (QED) is 0.772. The summed E-state index contributed by atoms with van der Waals surface area (Å²) in [4.78, 5) is 4.60. The summed E-state index contributed by atoms with van der Waals surface area (Å²) in [6.45, 7) is 6.44. The normalized spacial score (nSPS) is 18.1. The Bertz CT molecular complexity index is 667. The number of hydrogen-bond donors (Lipinski definition) is 0. The SMILES string of the molecule is CCC1C=CC=Nc2c1c(C)c1nsnc1c2C. The third-order valence-corrected chi connectivity index (χ3v) is 4.19. The molecule has 3 rings (SSSR count). The van der Waals surface area contributed by atoms with Gasteiger partial charge in [0.25, 0.3) is 0 Å². The predicted molar refractivity (Wildman–Crippen MR) is 77.2 cm³/mol. The van der Waals surface area contributed by atoms with E-state index in [1.807, 2.05) is 12.3 Å². The molecule has 1 unspecified atom stereocenters. The summed E-state index contributed by atoms with van der Waals surface area (Å²) in [5, 5.41) is 0. The Morgan fingerprint density at radius 2 is 1.89 bits per heavy atom. The minimum atomic E-state index is 0.423. The number of aliphatic imine (C=N–C) groups is 1. The third-order valence-electron chi connectivity index (χ3n) is 3.66. The number of nitrogens with zero attached hydrogens (tertiary/aromatic N) is 3. The second-order valence-corrected chi connectivity index (χ2v) is 5.18. The van der Waals surface area contributed by atoms with E-state index in [9.17, 15) is 0 Å². The van der Waals surface area contributed by atoms with Crippen LogP contribution in [0.4, 0.5) is 5.69 Å². The Morgan fingerprint density at radius 1 is 1.17 bits per heavy atom. The zero-order valence-electron chi connectivity index (χ0n) is 10.8. The van der Waals surface area contributed by atoms with Gasteiger partial charge in [0.2, 0.25) is 0 Å². The predicted octanol–water partition coefficient (Wildman–Crippen LogP) is 4.07. The van der Waals surface area contributed by atoms with Crippen molar-refractivity contribution >= 4 is 34.7 Å². The third kappa shape index (κ3) is 1.52. The van der Waals surface area contributed by atoms with Crippen LogP contribution in [0.2, 0.25) is 0 Å². The summed E-state index contributed by atoms with van der Waals surface area (Å²) < 4.78 is 8.85. The summed E-state index contributed by atoms with van der Waals surface area (Å²) in [5.74, 6) is 0.423. The van der Waals surface area contributed by atoms with E-state index >= 15 is 0 Å². The maximum Gasteiger partial charge on any atom is 0.110 e. The van der Waals surface area contributed by atoms with E-state index in [-0.39, 0.29) is 0 Å². The highest BCUT2D eigenvalue weighted by Gasteiger charge is 2.22. The number of aryl methyl sites for hydroxylation is 2. The standard InChI is InChI=1S/C14H15N3S/c1-4-10-6-5-7-15-12-9(3)14-13(16-18-17-14)8(2)11(10)12/h5-7,10H,4H2,1-3H3. The second kappa shape index (κ2) is 4.28. The van der Waals surface area contributed by atoms with Crippen LogP contribution >= 0.6 is 11.7 Å². The lowest BCUT2D eigenvalue weighted by Gasteiger charge is -2.17. The fraction of sp³-hybridized carbons (Fsp3) is 0.357. The van der Waals surface area contributed by atoms with Gasteiger partial charge < -0.3 is 0 Å². The van der Waals surface area contributed by atoms with Crippen molar-refractivity contribution < 1.29 is 0 Å². The maximum absolute atomic E-state index is 4.60. The lowest BCUT2D eigenvalue weighted by atomic mass is 9.88. The van der Waals surface area contributed by atoms with Gasteiger partial charge in [0.1, 0.15) is 11.0 Å². The van der Waals surface area contributed by atoms with Crippen LogP contribution in [0.5, 0.6) is 0 Å². The lowest BCUT2D eigenvalue weighted by molar-refractivity contribution is 0.802. The Labute approximate surface area is 111 Å². The summed E-state index contributed by atoms with van der Waals surface area (Å²) in [6.07, 6.45) is 7.23. The van der Waals surface area contributed by atoms with Crippen LogP contribution in [0.25, 0.3) is 11.0 Å². The average Bonchev–Trinajstić information content (AvgIpc) is 2.76. The molecule has 0 bridgehead atoms. The van der Waals surface area contributed by atoms with Crippen molar-refractivity contribution in [2.75, 3.05) is 0 Å². The van der Waals surface area contributed by atoms with E-state index in [0.29, 0.717) is 5.92 Å². The number of allylic oxidation sites excluding steroid dienone is 2. The van der Waals surface area contributed by atoms with Gasteiger partial charge in [-0.2, -0.15) is 8.75 Å². The summed E-state index contributed by atoms with van der Waals surface area (Å²) in [5.41, 5.74) is 6.84. The molecule has 1 atom stereocenters. The van der Waals surface area contributed by atoms with E-state index in [0.717, 1.165) is 28.7 Å². The zero-order chi connectivity index (χ0) is 12.7. The van der Waals surface area contributed by atoms with Crippen molar-refractivity contribution in [3.63, 3.8) is 0 Å². The van der Waals surface area contributed by atoms with Gasteiger partial charge in [0, 0.05) is 17.7 Å². The molecule has 18 heavy (non-hydrogen) atoms. The summed E-state index contributed by atoms with van der Waals surface area (Å²) in [7, 11) is 0. The molecule has 0 amide bonds. The van der Waals surface area contributed by atoms with Crippen LogP contribution in [0, 0.1) is 13.8 Å². The average molecular weight is 257 g/mol. The second-order valence-electron chi connectivity index (χ2n) is 4.65. The molecule has 1 aliphatic rings. The molecule has 92 valence electrons. The van der Waals surface area contributed by atoms with Gasteiger partial charge in [-0.05, 0) is 37.5 Å². The molecule has 1 aromatic carbocycles. The van der Waals surface area contributed by atoms with Crippen molar-refractivity contribution in [2.24, 2.45) is 4.99 Å². The van der Waals surface area contributed by atoms with Gasteiger partial charge in [0.15, 0.2) is 0 Å². The summed E-state index contributed by atoms with van der Waals surface area (Å²) >= 11 is 1.28. The van der Waals surface area contributed by atoms with Crippen LogP contribution in [0.1, 0.15) is 36.0 Å². The van der Waals surface area contributed by atoms with Gasteiger partial charge in [-0.3, -0.25) is 4.99 Å². The van der Waals surface area contributed by atoms with Crippen molar-refractivity contribution in [1.82, 2.24) is 8.75 Å². The molecule has 1 aliphatic heterocycles. The molecular formula is C14H15N3S. The fourth-order valence-electron chi connectivity index (χ4n) is 2.66. The molecule has 0 radical (unpaired) electrons. The van der Waals surface area contributed by atoms with E-state index in [4.69, 9.17) is 0 Å². The molecule has 0 spiro atoms. The monoisotopic (exact) mass is 257 g/mol. The topological polar surface area (TPSA) is 38.1 Å². The Kier molecular flexibility index (Phi) is 2.74. The van der Waals surface area contributed by atoms with Crippen LogP contribution in [-0.2, 0) is 0 Å². The van der Waals surface area contributed by atoms with E-state index in [1.54, 1.807) is 0 Å². The maximum atomic E-state index is 4.60. The first-order chi connectivity index (χ1) is 8.74. The molecule has 0 saturated carbocycles. The van der Waals surface area contributed by atoms with Gasteiger partial charge >= 0.3 is 0 Å². The van der Waals surface area contributed by atoms with Gasteiger partial charge in [0.05, 0.1) is 17.4 Å². The van der Waals surface area contributed by atoms with E-state index in [2.05, 4.69) is 40.6 Å².